The van der Waals surface area contributed by atoms with Gasteiger partial charge in [0.15, 0.2) is 0 Å². The molecule has 2 N–H and O–H groups in total. The van der Waals surface area contributed by atoms with Gasteiger partial charge in [0.2, 0.25) is 5.91 Å². The number of hydrogen-bond acceptors (Lipinski definition) is 7. The summed E-state index contributed by atoms with van der Waals surface area (Å²) in [5, 5.41) is 12.1. The summed E-state index contributed by atoms with van der Waals surface area (Å²) in [5.74, 6) is -0.570. The number of aliphatic carboxylic acids is 1. The second-order valence-corrected chi connectivity index (χ2v) is 6.70. The van der Waals surface area contributed by atoms with Crippen LogP contribution in [0.3, 0.4) is 0 Å². The molecule has 2 aromatic rings. The topological polar surface area (TPSA) is 115 Å². The van der Waals surface area contributed by atoms with Crippen LogP contribution in [0.2, 0.25) is 0 Å². The van der Waals surface area contributed by atoms with Crippen LogP contribution in [0.15, 0.2) is 21.3 Å². The highest BCUT2D eigenvalue weighted by molar-refractivity contribution is 7.98. The zero-order valence-corrected chi connectivity index (χ0v) is 16.3. The van der Waals surface area contributed by atoms with Crippen molar-refractivity contribution in [2.45, 2.75) is 19.4 Å². The largest absolute Gasteiger partial charge is 0.496 e. The molecule has 0 radical (unpaired) electrons. The molecule has 1 heterocycles. The first-order valence-electron chi connectivity index (χ1n) is 8.01. The Morgan fingerprint density at radius 1 is 1.30 bits per heavy atom. The zero-order valence-electron chi connectivity index (χ0n) is 15.5. The number of carbonyl (C=O) groups excluding carboxylic acids is 1. The van der Waals surface area contributed by atoms with Gasteiger partial charge in [-0.05, 0) is 18.7 Å². The minimum absolute atomic E-state index is 0.150. The number of thioether (sulfide) groups is 1. The van der Waals surface area contributed by atoms with E-state index in [1.54, 1.807) is 25.3 Å². The Labute approximate surface area is 159 Å². The third kappa shape index (κ3) is 4.54. The molecular weight excluding hydrogens is 374 g/mol. The second kappa shape index (κ2) is 8.81. The molecule has 0 aliphatic rings. The van der Waals surface area contributed by atoms with Crippen molar-refractivity contribution in [3.8, 4) is 11.5 Å². The number of carboxylic acid groups (broad SMARTS) is 1. The van der Waals surface area contributed by atoms with Gasteiger partial charge in [-0.15, -0.1) is 0 Å². The van der Waals surface area contributed by atoms with E-state index in [1.807, 2.05) is 0 Å². The third-order valence-electron chi connectivity index (χ3n) is 4.08. The summed E-state index contributed by atoms with van der Waals surface area (Å²) in [7, 11) is 2.96. The lowest BCUT2D eigenvalue weighted by Gasteiger charge is -2.15. The monoisotopic (exact) mass is 395 g/mol. The fourth-order valence-corrected chi connectivity index (χ4v) is 3.27. The minimum Gasteiger partial charge on any atom is -0.496 e. The molecule has 1 aromatic carbocycles. The van der Waals surface area contributed by atoms with E-state index in [0.717, 1.165) is 0 Å². The van der Waals surface area contributed by atoms with Crippen LogP contribution in [0.25, 0.3) is 11.0 Å². The highest BCUT2D eigenvalue weighted by Gasteiger charge is 2.22. The van der Waals surface area contributed by atoms with Gasteiger partial charge in [0.05, 0.1) is 31.6 Å². The van der Waals surface area contributed by atoms with Crippen LogP contribution in [0.1, 0.15) is 11.1 Å². The van der Waals surface area contributed by atoms with Gasteiger partial charge in [0, 0.05) is 17.9 Å². The van der Waals surface area contributed by atoms with Crippen LogP contribution < -0.4 is 20.4 Å². The maximum atomic E-state index is 12.4. The second-order valence-electron chi connectivity index (χ2n) is 5.79. The lowest BCUT2D eigenvalue weighted by Crippen LogP contribution is -2.43. The van der Waals surface area contributed by atoms with E-state index in [9.17, 15) is 14.4 Å². The fourth-order valence-electron chi connectivity index (χ4n) is 2.71. The van der Waals surface area contributed by atoms with Crippen LogP contribution in [0.5, 0.6) is 11.5 Å². The Morgan fingerprint density at radius 2 is 2.00 bits per heavy atom. The zero-order chi connectivity index (χ0) is 20.1. The number of methoxy groups -OCH3 is 2. The first-order chi connectivity index (χ1) is 12.8. The number of carboxylic acids is 1. The van der Waals surface area contributed by atoms with Gasteiger partial charge < -0.3 is 24.3 Å². The molecule has 27 heavy (non-hydrogen) atoms. The molecule has 0 aliphatic heterocycles. The van der Waals surface area contributed by atoms with Crippen molar-refractivity contribution in [2.75, 3.05) is 26.2 Å². The summed E-state index contributed by atoms with van der Waals surface area (Å²) in [4.78, 5) is 35.9. The maximum Gasteiger partial charge on any atom is 0.340 e. The minimum atomic E-state index is -1.13. The lowest BCUT2D eigenvalue weighted by molar-refractivity contribution is -0.141. The molecule has 0 spiro atoms. The molecule has 146 valence electrons. The van der Waals surface area contributed by atoms with E-state index in [0.29, 0.717) is 22.4 Å². The summed E-state index contributed by atoms with van der Waals surface area (Å²) in [6.45, 7) is 1.69. The first-order valence-corrected chi connectivity index (χ1v) is 9.41. The standard InChI is InChI=1S/C18H21NO7S/c1-9-11(7-15(20)19-12(8-27-4)17(21)22)18(23)26-14-6-10(24-2)5-13(25-3)16(9)14/h5-6,12H,7-8H2,1-4H3,(H,19,20)(H,21,22)/t12-/m0/s1. The molecular formula is C18H21NO7S. The highest BCUT2D eigenvalue weighted by atomic mass is 32.2. The van der Waals surface area contributed by atoms with Crippen molar-refractivity contribution in [3.05, 3.63) is 33.7 Å². The lowest BCUT2D eigenvalue weighted by atomic mass is 10.0. The Balaban J connectivity index is 2.43. The number of carbonyl (C=O) groups is 2. The Hall–Kier alpha value is -2.68. The summed E-state index contributed by atoms with van der Waals surface area (Å²) < 4.78 is 15.9. The normalized spacial score (nSPS) is 11.9. The number of amides is 1. The number of benzene rings is 1. The van der Waals surface area contributed by atoms with Gasteiger partial charge >= 0.3 is 11.6 Å². The van der Waals surface area contributed by atoms with Crippen molar-refractivity contribution in [3.63, 3.8) is 0 Å². The first kappa shape index (κ1) is 20.6. The van der Waals surface area contributed by atoms with Gasteiger partial charge in [-0.1, -0.05) is 0 Å². The molecule has 8 nitrogen and oxygen atoms in total. The van der Waals surface area contributed by atoms with E-state index >= 15 is 0 Å². The maximum absolute atomic E-state index is 12.4. The number of rotatable bonds is 8. The van der Waals surface area contributed by atoms with Crippen LogP contribution in [-0.4, -0.2) is 49.3 Å². The molecule has 0 saturated carbocycles. The summed E-state index contributed by atoms with van der Waals surface area (Å²) in [6.07, 6.45) is 1.45. The van der Waals surface area contributed by atoms with Crippen molar-refractivity contribution in [1.82, 2.24) is 5.32 Å². The number of fused-ring (bicyclic) bond motifs is 1. The molecule has 2 rings (SSSR count). The van der Waals surface area contributed by atoms with Gasteiger partial charge in [0.25, 0.3) is 0 Å². The number of ether oxygens (including phenoxy) is 2. The Bertz CT molecular complexity index is 922. The van der Waals surface area contributed by atoms with Gasteiger partial charge in [0.1, 0.15) is 23.1 Å². The van der Waals surface area contributed by atoms with Crippen LogP contribution in [0.4, 0.5) is 0 Å². The average Bonchev–Trinajstić information content (AvgIpc) is 2.63. The predicted molar refractivity (Wildman–Crippen MR) is 102 cm³/mol. The van der Waals surface area contributed by atoms with Crippen molar-refractivity contribution < 1.29 is 28.6 Å². The van der Waals surface area contributed by atoms with Crippen LogP contribution >= 0.6 is 11.8 Å². The highest BCUT2D eigenvalue weighted by Crippen LogP contribution is 2.33. The summed E-state index contributed by atoms with van der Waals surface area (Å²) in [5.41, 5.74) is 0.301. The fraction of sp³-hybridized carbons (Fsp3) is 0.389. The molecule has 1 atom stereocenters. The number of nitrogens with one attached hydrogen (secondary N) is 1. The van der Waals surface area contributed by atoms with E-state index in [-0.39, 0.29) is 23.3 Å². The van der Waals surface area contributed by atoms with E-state index in [2.05, 4.69) is 5.32 Å². The molecule has 0 saturated heterocycles. The third-order valence-corrected chi connectivity index (χ3v) is 4.74. The van der Waals surface area contributed by atoms with Gasteiger partial charge in [-0.25, -0.2) is 9.59 Å². The smallest absolute Gasteiger partial charge is 0.340 e. The number of hydrogen-bond donors (Lipinski definition) is 2. The quantitative estimate of drug-likeness (QED) is 0.648. The van der Waals surface area contributed by atoms with Crippen LogP contribution in [-0.2, 0) is 16.0 Å². The summed E-state index contributed by atoms with van der Waals surface area (Å²) >= 11 is 1.30. The Kier molecular flexibility index (Phi) is 6.73. The molecule has 0 unspecified atom stereocenters. The van der Waals surface area contributed by atoms with E-state index in [1.165, 1.54) is 26.0 Å². The van der Waals surface area contributed by atoms with Gasteiger partial charge in [-0.2, -0.15) is 11.8 Å². The number of aryl methyl sites for hydroxylation is 1. The van der Waals surface area contributed by atoms with Crippen molar-refractivity contribution in [2.24, 2.45) is 0 Å². The van der Waals surface area contributed by atoms with Gasteiger partial charge in [-0.3, -0.25) is 4.79 Å². The molecule has 1 aromatic heterocycles. The van der Waals surface area contributed by atoms with E-state index in [4.69, 9.17) is 19.0 Å². The van der Waals surface area contributed by atoms with E-state index < -0.39 is 23.5 Å². The molecule has 0 bridgehead atoms. The van der Waals surface area contributed by atoms with Crippen LogP contribution in [0, 0.1) is 6.92 Å². The Morgan fingerprint density at radius 3 is 2.56 bits per heavy atom. The molecule has 0 fully saturated rings. The molecule has 0 aliphatic carbocycles. The SMILES string of the molecule is COc1cc(OC)c2c(C)c(CC(=O)N[C@@H](CSC)C(=O)O)c(=O)oc2c1. The molecule has 1 amide bonds. The van der Waals surface area contributed by atoms with Crippen molar-refractivity contribution in [1.29, 1.82) is 0 Å². The van der Waals surface area contributed by atoms with Crippen molar-refractivity contribution >= 4 is 34.6 Å². The summed E-state index contributed by atoms with van der Waals surface area (Å²) in [6, 6.07) is 2.19. The average molecular weight is 395 g/mol. The predicted octanol–water partition coefficient (Wildman–Crippen LogP) is 1.59. The molecule has 9 heteroatoms.